The van der Waals surface area contributed by atoms with Crippen LogP contribution in [0.15, 0.2) is 16.7 Å². The third-order valence-electron chi connectivity index (χ3n) is 4.81. The van der Waals surface area contributed by atoms with Crippen LogP contribution in [0.4, 0.5) is 0 Å². The van der Waals surface area contributed by atoms with Crippen LogP contribution in [0.3, 0.4) is 0 Å². The Hall–Kier alpha value is -0.800. The summed E-state index contributed by atoms with van der Waals surface area (Å²) in [6.07, 6.45) is 11.3. The molecule has 1 saturated carbocycles. The van der Waals surface area contributed by atoms with Gasteiger partial charge in [-0.1, -0.05) is 19.8 Å². The average molecular weight is 276 g/mol. The van der Waals surface area contributed by atoms with Crippen molar-refractivity contribution < 1.29 is 4.42 Å². The second kappa shape index (κ2) is 6.77. The summed E-state index contributed by atoms with van der Waals surface area (Å²) in [5.41, 5.74) is 1.39. The van der Waals surface area contributed by atoms with Gasteiger partial charge in [-0.3, -0.25) is 4.90 Å². The summed E-state index contributed by atoms with van der Waals surface area (Å²) in [5, 5.41) is 3.56. The second-order valence-electron chi connectivity index (χ2n) is 6.41. The monoisotopic (exact) mass is 276 g/mol. The fourth-order valence-corrected chi connectivity index (χ4v) is 3.31. The zero-order valence-electron chi connectivity index (χ0n) is 12.7. The molecule has 2 fully saturated rings. The van der Waals surface area contributed by atoms with Gasteiger partial charge in [0.1, 0.15) is 5.76 Å². The first-order valence-corrected chi connectivity index (χ1v) is 8.39. The molecule has 1 atom stereocenters. The van der Waals surface area contributed by atoms with Gasteiger partial charge in [0.05, 0.1) is 12.8 Å². The molecule has 0 bridgehead atoms. The normalized spacial score (nSPS) is 24.8. The Labute approximate surface area is 122 Å². The maximum absolute atomic E-state index is 5.70. The predicted molar refractivity (Wildman–Crippen MR) is 81.5 cm³/mol. The summed E-state index contributed by atoms with van der Waals surface area (Å²) in [6.45, 7) is 5.54. The Morgan fingerprint density at radius 3 is 2.95 bits per heavy atom. The molecule has 1 aromatic rings. The van der Waals surface area contributed by atoms with E-state index < -0.39 is 0 Å². The van der Waals surface area contributed by atoms with Crippen molar-refractivity contribution in [1.29, 1.82) is 0 Å². The van der Waals surface area contributed by atoms with Crippen LogP contribution in [-0.2, 0) is 13.1 Å². The molecule has 0 radical (unpaired) electrons. The van der Waals surface area contributed by atoms with Crippen LogP contribution in [0.2, 0.25) is 0 Å². The SMILES string of the molecule is CCC1CCCCCN1Cc1ccoc1CNC1CC1. The molecule has 1 aliphatic heterocycles. The minimum absolute atomic E-state index is 0.745. The Morgan fingerprint density at radius 2 is 2.15 bits per heavy atom. The van der Waals surface area contributed by atoms with E-state index in [1.54, 1.807) is 0 Å². The van der Waals surface area contributed by atoms with Crippen molar-refractivity contribution in [3.05, 3.63) is 23.7 Å². The van der Waals surface area contributed by atoms with E-state index in [4.69, 9.17) is 4.42 Å². The molecule has 3 heteroatoms. The van der Waals surface area contributed by atoms with Crippen LogP contribution >= 0.6 is 0 Å². The molecule has 3 rings (SSSR count). The predicted octanol–water partition coefficient (Wildman–Crippen LogP) is 3.69. The summed E-state index contributed by atoms with van der Waals surface area (Å²) >= 11 is 0. The molecule has 1 N–H and O–H groups in total. The second-order valence-corrected chi connectivity index (χ2v) is 6.41. The van der Waals surface area contributed by atoms with Crippen LogP contribution in [0.25, 0.3) is 0 Å². The highest BCUT2D eigenvalue weighted by molar-refractivity contribution is 5.17. The van der Waals surface area contributed by atoms with Crippen molar-refractivity contribution in [2.45, 2.75) is 77.0 Å². The lowest BCUT2D eigenvalue weighted by Gasteiger charge is -2.29. The van der Waals surface area contributed by atoms with Crippen LogP contribution in [-0.4, -0.2) is 23.5 Å². The van der Waals surface area contributed by atoms with Crippen LogP contribution in [0.5, 0.6) is 0 Å². The molecule has 1 aliphatic carbocycles. The van der Waals surface area contributed by atoms with Crippen LogP contribution in [0, 0.1) is 0 Å². The number of likely N-dealkylation sites (tertiary alicyclic amines) is 1. The van der Waals surface area contributed by atoms with Gasteiger partial charge < -0.3 is 9.73 Å². The Kier molecular flexibility index (Phi) is 4.79. The first-order valence-electron chi connectivity index (χ1n) is 8.39. The van der Waals surface area contributed by atoms with E-state index in [0.717, 1.165) is 30.9 Å². The molecule has 2 heterocycles. The molecule has 1 saturated heterocycles. The first-order chi connectivity index (χ1) is 9.86. The molecule has 1 unspecified atom stereocenters. The van der Waals surface area contributed by atoms with Gasteiger partial charge in [-0.05, 0) is 44.7 Å². The van der Waals surface area contributed by atoms with E-state index in [1.165, 1.54) is 57.1 Å². The van der Waals surface area contributed by atoms with E-state index in [0.29, 0.717) is 0 Å². The standard InChI is InChI=1S/C17H28N2O/c1-2-16-6-4-3-5-10-19(16)13-14-9-11-20-17(14)12-18-15-7-8-15/h9,11,15-16,18H,2-8,10,12-13H2,1H3. The zero-order valence-corrected chi connectivity index (χ0v) is 12.7. The number of nitrogens with one attached hydrogen (secondary N) is 1. The summed E-state index contributed by atoms with van der Waals surface area (Å²) in [7, 11) is 0. The molecular weight excluding hydrogens is 248 g/mol. The number of furan rings is 1. The summed E-state index contributed by atoms with van der Waals surface area (Å²) < 4.78 is 5.70. The van der Waals surface area contributed by atoms with E-state index in [2.05, 4.69) is 23.2 Å². The van der Waals surface area contributed by atoms with Crippen LogP contribution < -0.4 is 5.32 Å². The number of nitrogens with zero attached hydrogens (tertiary/aromatic N) is 1. The quantitative estimate of drug-likeness (QED) is 0.859. The van der Waals surface area contributed by atoms with Gasteiger partial charge >= 0.3 is 0 Å². The lowest BCUT2D eigenvalue weighted by atomic mass is 10.1. The fourth-order valence-electron chi connectivity index (χ4n) is 3.31. The Morgan fingerprint density at radius 1 is 1.25 bits per heavy atom. The minimum Gasteiger partial charge on any atom is -0.468 e. The van der Waals surface area contributed by atoms with Crippen molar-refractivity contribution in [2.24, 2.45) is 0 Å². The van der Waals surface area contributed by atoms with Crippen molar-refractivity contribution in [2.75, 3.05) is 6.54 Å². The molecule has 0 amide bonds. The van der Waals surface area contributed by atoms with Gasteiger partial charge in [-0.2, -0.15) is 0 Å². The first kappa shape index (κ1) is 14.2. The number of rotatable bonds is 6. The molecule has 0 aromatic carbocycles. The summed E-state index contributed by atoms with van der Waals surface area (Å²) in [4.78, 5) is 2.68. The van der Waals surface area contributed by atoms with E-state index in [1.807, 2.05) is 6.26 Å². The van der Waals surface area contributed by atoms with Gasteiger partial charge in [0.25, 0.3) is 0 Å². The molecule has 2 aliphatic rings. The van der Waals surface area contributed by atoms with E-state index in [-0.39, 0.29) is 0 Å². The van der Waals surface area contributed by atoms with E-state index >= 15 is 0 Å². The Bertz CT molecular complexity index is 411. The molecule has 3 nitrogen and oxygen atoms in total. The smallest absolute Gasteiger partial charge is 0.122 e. The fraction of sp³-hybridized carbons (Fsp3) is 0.765. The molecule has 0 spiro atoms. The summed E-state index contributed by atoms with van der Waals surface area (Å²) in [5.74, 6) is 1.15. The third-order valence-corrected chi connectivity index (χ3v) is 4.81. The number of hydrogen-bond donors (Lipinski definition) is 1. The van der Waals surface area contributed by atoms with Crippen molar-refractivity contribution in [3.63, 3.8) is 0 Å². The van der Waals surface area contributed by atoms with Crippen molar-refractivity contribution in [3.8, 4) is 0 Å². The topological polar surface area (TPSA) is 28.4 Å². The van der Waals surface area contributed by atoms with Crippen LogP contribution in [0.1, 0.15) is 63.2 Å². The summed E-state index contributed by atoms with van der Waals surface area (Å²) in [6, 6.07) is 3.67. The molecular formula is C17H28N2O. The van der Waals surface area contributed by atoms with Crippen molar-refractivity contribution in [1.82, 2.24) is 10.2 Å². The van der Waals surface area contributed by atoms with Gasteiger partial charge in [-0.25, -0.2) is 0 Å². The lowest BCUT2D eigenvalue weighted by Crippen LogP contribution is -2.34. The van der Waals surface area contributed by atoms with E-state index in [9.17, 15) is 0 Å². The van der Waals surface area contributed by atoms with Gasteiger partial charge in [0, 0.05) is 24.2 Å². The zero-order chi connectivity index (χ0) is 13.8. The molecule has 20 heavy (non-hydrogen) atoms. The van der Waals surface area contributed by atoms with Gasteiger partial charge in [0.2, 0.25) is 0 Å². The average Bonchev–Trinajstić information content (AvgIpc) is 3.22. The van der Waals surface area contributed by atoms with Gasteiger partial charge in [-0.15, -0.1) is 0 Å². The minimum atomic E-state index is 0.745. The molecule has 1 aromatic heterocycles. The molecule has 112 valence electrons. The van der Waals surface area contributed by atoms with Gasteiger partial charge in [0.15, 0.2) is 0 Å². The lowest BCUT2D eigenvalue weighted by molar-refractivity contribution is 0.184. The largest absolute Gasteiger partial charge is 0.468 e. The number of hydrogen-bond acceptors (Lipinski definition) is 3. The van der Waals surface area contributed by atoms with Crippen molar-refractivity contribution >= 4 is 0 Å². The highest BCUT2D eigenvalue weighted by Gasteiger charge is 2.23. The maximum Gasteiger partial charge on any atom is 0.122 e. The third kappa shape index (κ3) is 3.64. The Balaban J connectivity index is 1.61. The highest BCUT2D eigenvalue weighted by Crippen LogP contribution is 2.24. The highest BCUT2D eigenvalue weighted by atomic mass is 16.3. The maximum atomic E-state index is 5.70.